The van der Waals surface area contributed by atoms with Crippen LogP contribution in [0.2, 0.25) is 0 Å². The Balaban J connectivity index is 1.94. The van der Waals surface area contributed by atoms with Crippen LogP contribution in [-0.2, 0) is 0 Å². The maximum Gasteiger partial charge on any atom is 0.176 e. The molecule has 110 valence electrons. The molecule has 0 saturated heterocycles. The van der Waals surface area contributed by atoms with Crippen LogP contribution < -0.4 is 5.32 Å². The maximum atomic E-state index is 4.45. The third-order valence-corrected chi connectivity index (χ3v) is 5.03. The number of nitrogens with zero attached hydrogens (tertiary/aromatic N) is 5. The molecule has 0 aromatic carbocycles. The SMILES string of the molecule is CCC(Nc1ncnc2nc(SC)sc12)c1n[nH]c(C)n1. The van der Waals surface area contributed by atoms with Gasteiger partial charge in [0.25, 0.3) is 0 Å². The number of aryl methyl sites for hydroxylation is 1. The first kappa shape index (κ1) is 14.2. The molecule has 2 N–H and O–H groups in total. The molecule has 0 spiro atoms. The zero-order valence-corrected chi connectivity index (χ0v) is 13.5. The average molecular weight is 321 g/mol. The number of hydrogen-bond acceptors (Lipinski definition) is 8. The van der Waals surface area contributed by atoms with E-state index < -0.39 is 0 Å². The molecular formula is C12H15N7S2. The van der Waals surface area contributed by atoms with Crippen molar-refractivity contribution in [3.63, 3.8) is 0 Å². The Kier molecular flexibility index (Phi) is 4.02. The zero-order chi connectivity index (χ0) is 14.8. The van der Waals surface area contributed by atoms with E-state index in [4.69, 9.17) is 0 Å². The second kappa shape index (κ2) is 5.94. The van der Waals surface area contributed by atoms with Crippen LogP contribution >= 0.6 is 23.1 Å². The summed E-state index contributed by atoms with van der Waals surface area (Å²) in [5, 5.41) is 10.5. The van der Waals surface area contributed by atoms with Crippen LogP contribution in [0, 0.1) is 6.92 Å². The second-order valence-corrected chi connectivity index (χ2v) is 6.50. The van der Waals surface area contributed by atoms with Crippen molar-refractivity contribution in [2.45, 2.75) is 30.6 Å². The Morgan fingerprint density at radius 3 is 2.90 bits per heavy atom. The molecule has 7 nitrogen and oxygen atoms in total. The smallest absolute Gasteiger partial charge is 0.176 e. The van der Waals surface area contributed by atoms with E-state index in [0.29, 0.717) is 0 Å². The van der Waals surface area contributed by atoms with Crippen molar-refractivity contribution in [1.29, 1.82) is 0 Å². The number of aromatic amines is 1. The molecule has 9 heteroatoms. The summed E-state index contributed by atoms with van der Waals surface area (Å²) in [6.45, 7) is 3.97. The molecule has 0 saturated carbocycles. The highest BCUT2D eigenvalue weighted by Crippen LogP contribution is 2.32. The van der Waals surface area contributed by atoms with Crippen LogP contribution in [0.1, 0.15) is 31.0 Å². The summed E-state index contributed by atoms with van der Waals surface area (Å²) in [5.41, 5.74) is 0.725. The van der Waals surface area contributed by atoms with Gasteiger partial charge >= 0.3 is 0 Å². The number of H-pyrrole nitrogens is 1. The number of thiazole rings is 1. The van der Waals surface area contributed by atoms with Crippen molar-refractivity contribution in [2.75, 3.05) is 11.6 Å². The minimum absolute atomic E-state index is 0.00730. The molecule has 0 aliphatic carbocycles. The summed E-state index contributed by atoms with van der Waals surface area (Å²) in [7, 11) is 0. The van der Waals surface area contributed by atoms with Crippen molar-refractivity contribution >= 4 is 39.3 Å². The van der Waals surface area contributed by atoms with Crippen LogP contribution in [-0.4, -0.2) is 36.4 Å². The van der Waals surface area contributed by atoms with E-state index in [9.17, 15) is 0 Å². The predicted octanol–water partition coefficient (Wildman–Crippen LogP) is 2.80. The van der Waals surface area contributed by atoms with Gasteiger partial charge in [0.2, 0.25) is 0 Å². The average Bonchev–Trinajstić information content (AvgIpc) is 3.10. The van der Waals surface area contributed by atoms with Crippen LogP contribution in [0.3, 0.4) is 0 Å². The quantitative estimate of drug-likeness (QED) is 0.698. The van der Waals surface area contributed by atoms with E-state index >= 15 is 0 Å². The van der Waals surface area contributed by atoms with Gasteiger partial charge < -0.3 is 5.32 Å². The predicted molar refractivity (Wildman–Crippen MR) is 84.8 cm³/mol. The van der Waals surface area contributed by atoms with Crippen LogP contribution in [0.4, 0.5) is 5.82 Å². The minimum atomic E-state index is 0.00730. The molecule has 1 unspecified atom stereocenters. The fourth-order valence-electron chi connectivity index (χ4n) is 1.95. The second-order valence-electron chi connectivity index (χ2n) is 4.44. The molecule has 3 rings (SSSR count). The summed E-state index contributed by atoms with van der Waals surface area (Å²) in [5.74, 6) is 2.34. The molecule has 3 aromatic rings. The number of thioether (sulfide) groups is 1. The number of hydrogen-bond donors (Lipinski definition) is 2. The van der Waals surface area contributed by atoms with E-state index in [-0.39, 0.29) is 6.04 Å². The molecule has 0 radical (unpaired) electrons. The molecule has 0 aliphatic rings. The standard InChI is InChI=1S/C12H15N7S2/c1-4-7(9-15-6(2)18-19-9)16-10-8-11(14-5-13-10)17-12(20-3)21-8/h5,7H,4H2,1-3H3,(H,13,14,16)(H,15,18,19). The third kappa shape index (κ3) is 2.84. The Hall–Kier alpha value is -1.74. The normalized spacial score (nSPS) is 12.7. The molecule has 0 aliphatic heterocycles. The highest BCUT2D eigenvalue weighted by molar-refractivity contribution is 8.00. The van der Waals surface area contributed by atoms with Crippen molar-refractivity contribution in [3.05, 3.63) is 18.0 Å². The van der Waals surface area contributed by atoms with E-state index in [1.165, 1.54) is 6.33 Å². The fourth-order valence-corrected chi connectivity index (χ4v) is 3.42. The number of anilines is 1. The van der Waals surface area contributed by atoms with E-state index in [0.717, 1.165) is 38.6 Å². The molecule has 0 fully saturated rings. The molecule has 1 atom stereocenters. The van der Waals surface area contributed by atoms with Gasteiger partial charge in [-0.15, -0.1) is 11.3 Å². The molecule has 3 aromatic heterocycles. The first-order valence-corrected chi connectivity index (χ1v) is 8.56. The monoisotopic (exact) mass is 321 g/mol. The Morgan fingerprint density at radius 1 is 1.38 bits per heavy atom. The number of rotatable bonds is 5. The first-order chi connectivity index (χ1) is 10.2. The Labute approximate surface area is 130 Å². The minimum Gasteiger partial charge on any atom is -0.359 e. The lowest BCUT2D eigenvalue weighted by molar-refractivity contribution is 0.694. The van der Waals surface area contributed by atoms with Crippen LogP contribution in [0.15, 0.2) is 10.7 Å². The summed E-state index contributed by atoms with van der Waals surface area (Å²) >= 11 is 3.20. The summed E-state index contributed by atoms with van der Waals surface area (Å²) < 4.78 is 1.95. The van der Waals surface area contributed by atoms with Crippen molar-refractivity contribution in [2.24, 2.45) is 0 Å². The molecule has 0 bridgehead atoms. The van der Waals surface area contributed by atoms with Crippen LogP contribution in [0.25, 0.3) is 10.3 Å². The summed E-state index contributed by atoms with van der Waals surface area (Å²) in [4.78, 5) is 17.4. The molecule has 3 heterocycles. The molecule has 0 amide bonds. The summed E-state index contributed by atoms with van der Waals surface area (Å²) in [6, 6.07) is 0.00730. The van der Waals surface area contributed by atoms with Gasteiger partial charge in [0.15, 0.2) is 15.8 Å². The van der Waals surface area contributed by atoms with Crippen molar-refractivity contribution < 1.29 is 0 Å². The molecule has 21 heavy (non-hydrogen) atoms. The lowest BCUT2D eigenvalue weighted by Crippen LogP contribution is -2.12. The lowest BCUT2D eigenvalue weighted by atomic mass is 10.2. The van der Waals surface area contributed by atoms with Gasteiger partial charge in [-0.25, -0.2) is 19.9 Å². The van der Waals surface area contributed by atoms with Crippen LogP contribution in [0.5, 0.6) is 0 Å². The maximum absolute atomic E-state index is 4.45. The topological polar surface area (TPSA) is 92.3 Å². The zero-order valence-electron chi connectivity index (χ0n) is 11.9. The lowest BCUT2D eigenvalue weighted by Gasteiger charge is -2.14. The largest absolute Gasteiger partial charge is 0.359 e. The van der Waals surface area contributed by atoms with Gasteiger partial charge in [0, 0.05) is 0 Å². The van der Waals surface area contributed by atoms with Gasteiger partial charge in [-0.2, -0.15) is 5.10 Å². The van der Waals surface area contributed by atoms with Crippen molar-refractivity contribution in [3.8, 4) is 0 Å². The van der Waals surface area contributed by atoms with Gasteiger partial charge in [-0.1, -0.05) is 18.7 Å². The van der Waals surface area contributed by atoms with E-state index in [1.807, 2.05) is 13.2 Å². The number of aromatic nitrogens is 6. The molecular weight excluding hydrogens is 306 g/mol. The third-order valence-electron chi connectivity index (χ3n) is 2.99. The fraction of sp³-hybridized carbons (Fsp3) is 0.417. The Bertz CT molecular complexity index is 751. The highest BCUT2D eigenvalue weighted by atomic mass is 32.2. The summed E-state index contributed by atoms with van der Waals surface area (Å²) in [6.07, 6.45) is 4.39. The number of nitrogens with one attached hydrogen (secondary N) is 2. The highest BCUT2D eigenvalue weighted by Gasteiger charge is 2.17. The first-order valence-electron chi connectivity index (χ1n) is 6.52. The van der Waals surface area contributed by atoms with E-state index in [2.05, 4.69) is 42.4 Å². The van der Waals surface area contributed by atoms with Gasteiger partial charge in [0.1, 0.15) is 22.7 Å². The van der Waals surface area contributed by atoms with Crippen molar-refractivity contribution in [1.82, 2.24) is 30.1 Å². The van der Waals surface area contributed by atoms with Gasteiger partial charge in [-0.05, 0) is 19.6 Å². The van der Waals surface area contributed by atoms with E-state index in [1.54, 1.807) is 23.1 Å². The van der Waals surface area contributed by atoms with Gasteiger partial charge in [-0.3, -0.25) is 5.10 Å². The van der Waals surface area contributed by atoms with Gasteiger partial charge in [0.05, 0.1) is 6.04 Å². The number of fused-ring (bicyclic) bond motifs is 1. The Morgan fingerprint density at radius 2 is 2.24 bits per heavy atom.